The van der Waals surface area contributed by atoms with Gasteiger partial charge >= 0.3 is 0 Å². The van der Waals surface area contributed by atoms with Crippen LogP contribution in [0.3, 0.4) is 0 Å². The molecule has 3 atom stereocenters. The van der Waals surface area contributed by atoms with E-state index in [0.29, 0.717) is 11.6 Å². The van der Waals surface area contributed by atoms with Crippen LogP contribution in [-0.2, 0) is 19.7 Å². The first-order valence-electron chi connectivity index (χ1n) is 8.63. The summed E-state index contributed by atoms with van der Waals surface area (Å²) in [5, 5.41) is 6.52. The van der Waals surface area contributed by atoms with Crippen LogP contribution in [-0.4, -0.2) is 31.6 Å². The van der Waals surface area contributed by atoms with Gasteiger partial charge in [-0.15, -0.1) is 0 Å². The van der Waals surface area contributed by atoms with Crippen LogP contribution in [0.2, 0.25) is 5.02 Å². The van der Waals surface area contributed by atoms with E-state index in [9.17, 15) is 9.59 Å². The molecule has 0 bridgehead atoms. The summed E-state index contributed by atoms with van der Waals surface area (Å²) in [6.45, 7) is 0.321. The predicted octanol–water partition coefficient (Wildman–Crippen LogP) is 3.61. The van der Waals surface area contributed by atoms with Gasteiger partial charge in [-0.1, -0.05) is 45.7 Å². The lowest BCUT2D eigenvalue weighted by molar-refractivity contribution is -0.129. The minimum atomic E-state index is -1.03. The Labute approximate surface area is 170 Å². The molecular formula is C20H18BrClN2O3. The maximum absolute atomic E-state index is 13.4. The monoisotopic (exact) mass is 448 g/mol. The molecule has 2 heterocycles. The zero-order valence-corrected chi connectivity index (χ0v) is 16.9. The van der Waals surface area contributed by atoms with Crippen LogP contribution in [0, 0.1) is 0 Å². The molecule has 2 aliphatic rings. The summed E-state index contributed by atoms with van der Waals surface area (Å²) >= 11 is 9.69. The number of benzene rings is 2. The first-order chi connectivity index (χ1) is 13.0. The Bertz CT molecular complexity index is 935. The number of hydrogen-bond donors (Lipinski definition) is 2. The van der Waals surface area contributed by atoms with Crippen LogP contribution in [0.25, 0.3) is 0 Å². The fourth-order valence-corrected chi connectivity index (χ4v) is 4.93. The van der Waals surface area contributed by atoms with Crippen molar-refractivity contribution in [1.29, 1.82) is 0 Å². The van der Waals surface area contributed by atoms with Crippen molar-refractivity contribution < 1.29 is 14.3 Å². The molecule has 7 heteroatoms. The summed E-state index contributed by atoms with van der Waals surface area (Å²) in [6.07, 6.45) is -0.498. The number of methoxy groups -OCH3 is 1. The van der Waals surface area contributed by atoms with E-state index < -0.39 is 11.5 Å². The lowest BCUT2D eigenvalue weighted by atomic mass is 9.64. The largest absolute Gasteiger partial charge is 0.379 e. The number of carbonyl (C=O) groups is 2. The van der Waals surface area contributed by atoms with Crippen LogP contribution in [0.5, 0.6) is 0 Å². The van der Waals surface area contributed by atoms with E-state index in [4.69, 9.17) is 16.3 Å². The summed E-state index contributed by atoms with van der Waals surface area (Å²) in [5.74, 6) is -0.622. The van der Waals surface area contributed by atoms with Gasteiger partial charge in [-0.2, -0.15) is 0 Å². The number of fused-ring (bicyclic) bond motifs is 2. The molecule has 4 rings (SSSR count). The first-order valence-corrected chi connectivity index (χ1v) is 9.80. The van der Waals surface area contributed by atoms with Crippen molar-refractivity contribution in [3.05, 3.63) is 63.1 Å². The summed E-state index contributed by atoms with van der Waals surface area (Å²) in [4.78, 5) is 25.8. The lowest BCUT2D eigenvalue weighted by Crippen LogP contribution is -2.51. The van der Waals surface area contributed by atoms with Crippen LogP contribution in [0.1, 0.15) is 23.5 Å². The van der Waals surface area contributed by atoms with Crippen LogP contribution in [0.15, 0.2) is 46.9 Å². The molecule has 2 aliphatic heterocycles. The fraction of sp³-hybridized carbons (Fsp3) is 0.300. The van der Waals surface area contributed by atoms with Gasteiger partial charge in [0.2, 0.25) is 11.8 Å². The summed E-state index contributed by atoms with van der Waals surface area (Å²) in [5.41, 5.74) is 1.42. The van der Waals surface area contributed by atoms with Gasteiger partial charge in [-0.05, 0) is 35.4 Å². The molecule has 0 aromatic heterocycles. The van der Waals surface area contributed by atoms with Crippen molar-refractivity contribution in [3.63, 3.8) is 0 Å². The SMILES string of the molecule is CO[C@H]1CC(=O)NCC(c2cccc(Cl)c2)[C@]12C(=O)Nc1cc(Br)ccc12. The number of ether oxygens (including phenoxy) is 1. The second-order valence-corrected chi connectivity index (χ2v) is 8.21. The minimum absolute atomic E-state index is 0.108. The van der Waals surface area contributed by atoms with E-state index in [1.54, 1.807) is 13.2 Å². The smallest absolute Gasteiger partial charge is 0.238 e. The average Bonchev–Trinajstić information content (AvgIpc) is 2.81. The molecule has 1 unspecified atom stereocenters. The number of nitrogens with one attached hydrogen (secondary N) is 2. The minimum Gasteiger partial charge on any atom is -0.379 e. The van der Waals surface area contributed by atoms with Gasteiger partial charge < -0.3 is 15.4 Å². The number of carbonyl (C=O) groups excluding carboxylic acids is 2. The van der Waals surface area contributed by atoms with Crippen molar-refractivity contribution >= 4 is 45.0 Å². The molecule has 27 heavy (non-hydrogen) atoms. The normalized spacial score (nSPS) is 27.1. The maximum atomic E-state index is 13.4. The Kier molecular flexibility index (Phi) is 4.74. The molecule has 0 radical (unpaired) electrons. The molecule has 140 valence electrons. The quantitative estimate of drug-likeness (QED) is 0.736. The van der Waals surface area contributed by atoms with Crippen molar-refractivity contribution in [2.24, 2.45) is 0 Å². The van der Waals surface area contributed by atoms with Crippen LogP contribution < -0.4 is 10.6 Å². The maximum Gasteiger partial charge on any atom is 0.238 e. The third-order valence-electron chi connectivity index (χ3n) is 5.52. The highest BCUT2D eigenvalue weighted by Crippen LogP contribution is 2.52. The van der Waals surface area contributed by atoms with Crippen LogP contribution in [0.4, 0.5) is 5.69 Å². The van der Waals surface area contributed by atoms with Gasteiger partial charge in [0.25, 0.3) is 0 Å². The summed E-state index contributed by atoms with van der Waals surface area (Å²) in [6, 6.07) is 13.1. The zero-order valence-electron chi connectivity index (χ0n) is 14.6. The third-order valence-corrected chi connectivity index (χ3v) is 6.25. The molecule has 5 nitrogen and oxygen atoms in total. The molecular weight excluding hydrogens is 432 g/mol. The van der Waals surface area contributed by atoms with E-state index in [-0.39, 0.29) is 24.2 Å². The molecule has 1 fully saturated rings. The molecule has 0 saturated carbocycles. The molecule has 0 aliphatic carbocycles. The van der Waals surface area contributed by atoms with Gasteiger partial charge in [0.15, 0.2) is 0 Å². The van der Waals surface area contributed by atoms with Gasteiger partial charge in [0.1, 0.15) is 5.41 Å². The number of amides is 2. The van der Waals surface area contributed by atoms with E-state index in [1.807, 2.05) is 36.4 Å². The number of rotatable bonds is 2. The number of hydrogen-bond acceptors (Lipinski definition) is 3. The highest BCUT2D eigenvalue weighted by Gasteiger charge is 2.59. The van der Waals surface area contributed by atoms with Crippen molar-refractivity contribution in [3.8, 4) is 0 Å². The summed E-state index contributed by atoms with van der Waals surface area (Å²) in [7, 11) is 1.55. The summed E-state index contributed by atoms with van der Waals surface area (Å²) < 4.78 is 6.62. The highest BCUT2D eigenvalue weighted by atomic mass is 79.9. The van der Waals surface area contributed by atoms with Gasteiger partial charge in [-0.25, -0.2) is 0 Å². The third kappa shape index (κ3) is 2.87. The molecule has 2 amide bonds. The Morgan fingerprint density at radius 3 is 2.78 bits per heavy atom. The van der Waals surface area contributed by atoms with E-state index in [0.717, 1.165) is 21.3 Å². The molecule has 2 N–H and O–H groups in total. The first kappa shape index (κ1) is 18.5. The predicted molar refractivity (Wildman–Crippen MR) is 107 cm³/mol. The molecule has 1 saturated heterocycles. The number of halogens is 2. The molecule has 2 aromatic carbocycles. The van der Waals surface area contributed by atoms with Gasteiger partial charge in [-0.3, -0.25) is 9.59 Å². The fourth-order valence-electron chi connectivity index (χ4n) is 4.37. The van der Waals surface area contributed by atoms with E-state index in [2.05, 4.69) is 26.6 Å². The van der Waals surface area contributed by atoms with Gasteiger partial charge in [0, 0.05) is 34.8 Å². The van der Waals surface area contributed by atoms with E-state index in [1.165, 1.54) is 0 Å². The molecule has 1 spiro atoms. The Morgan fingerprint density at radius 2 is 2.04 bits per heavy atom. The van der Waals surface area contributed by atoms with Crippen molar-refractivity contribution in [2.45, 2.75) is 23.9 Å². The Morgan fingerprint density at radius 1 is 1.22 bits per heavy atom. The molecule has 2 aromatic rings. The van der Waals surface area contributed by atoms with Gasteiger partial charge in [0.05, 0.1) is 12.5 Å². The second kappa shape index (κ2) is 6.93. The standard InChI is InChI=1S/C20H18BrClN2O3/c1-27-17-9-18(25)23-10-15(11-3-2-4-13(22)7-11)20(17)14-6-5-12(21)8-16(14)24-19(20)26/h2-8,15,17H,9-10H2,1H3,(H,23,25)(H,24,26)/t15?,17-,20-/m0/s1. The Balaban J connectivity index is 1.99. The van der Waals surface area contributed by atoms with Crippen molar-refractivity contribution in [2.75, 3.05) is 19.0 Å². The van der Waals surface area contributed by atoms with Crippen molar-refractivity contribution in [1.82, 2.24) is 5.32 Å². The van der Waals surface area contributed by atoms with E-state index >= 15 is 0 Å². The zero-order chi connectivity index (χ0) is 19.2. The second-order valence-electron chi connectivity index (χ2n) is 6.85. The lowest BCUT2D eigenvalue weighted by Gasteiger charge is -2.39. The van der Waals surface area contributed by atoms with Crippen LogP contribution >= 0.6 is 27.5 Å². The Hall–Kier alpha value is -1.89. The highest BCUT2D eigenvalue weighted by molar-refractivity contribution is 9.10. The topological polar surface area (TPSA) is 67.4 Å². The average molecular weight is 450 g/mol. The number of anilines is 1.